The lowest BCUT2D eigenvalue weighted by Crippen LogP contribution is -2.44. The minimum absolute atomic E-state index is 0.0633. The number of amides is 2. The molecule has 0 aliphatic rings. The molecule has 0 radical (unpaired) electrons. The SMILES string of the molecule is CC(C)NC(=O)C(C)OC(C)C(=O)NC(C)C. The third kappa shape index (κ3) is 6.94. The average Bonchev–Trinajstić information content (AvgIpc) is 2.15. The van der Waals surface area contributed by atoms with Gasteiger partial charge in [0.25, 0.3) is 0 Å². The van der Waals surface area contributed by atoms with E-state index in [9.17, 15) is 9.59 Å². The largest absolute Gasteiger partial charge is 0.356 e. The predicted molar refractivity (Wildman–Crippen MR) is 66.6 cm³/mol. The lowest BCUT2D eigenvalue weighted by molar-refractivity contribution is -0.144. The van der Waals surface area contributed by atoms with Crippen molar-refractivity contribution in [2.24, 2.45) is 0 Å². The second-order valence-electron chi connectivity index (χ2n) is 4.75. The molecule has 0 aliphatic carbocycles. The van der Waals surface area contributed by atoms with Gasteiger partial charge < -0.3 is 15.4 Å². The molecule has 5 nitrogen and oxygen atoms in total. The third-order valence-electron chi connectivity index (χ3n) is 2.01. The number of carbonyl (C=O) groups is 2. The van der Waals surface area contributed by atoms with Crippen LogP contribution in [0.4, 0.5) is 0 Å². The Morgan fingerprint density at radius 2 is 1.06 bits per heavy atom. The zero-order chi connectivity index (χ0) is 13.6. The van der Waals surface area contributed by atoms with Gasteiger partial charge in [0.2, 0.25) is 11.8 Å². The molecule has 2 atom stereocenters. The normalized spacial score (nSPS) is 14.6. The Morgan fingerprint density at radius 3 is 1.29 bits per heavy atom. The highest BCUT2D eigenvalue weighted by Crippen LogP contribution is 2.00. The first-order valence-electron chi connectivity index (χ1n) is 6.00. The molecule has 0 bridgehead atoms. The van der Waals surface area contributed by atoms with Gasteiger partial charge in [0.15, 0.2) is 0 Å². The van der Waals surface area contributed by atoms with Crippen molar-refractivity contribution in [3.8, 4) is 0 Å². The maximum absolute atomic E-state index is 11.6. The lowest BCUT2D eigenvalue weighted by atomic mass is 10.3. The highest BCUT2D eigenvalue weighted by molar-refractivity contribution is 5.83. The van der Waals surface area contributed by atoms with E-state index in [4.69, 9.17) is 4.74 Å². The summed E-state index contributed by atoms with van der Waals surface area (Å²) >= 11 is 0. The van der Waals surface area contributed by atoms with Crippen molar-refractivity contribution in [1.82, 2.24) is 10.6 Å². The Balaban J connectivity index is 4.14. The van der Waals surface area contributed by atoms with Crippen molar-refractivity contribution in [3.05, 3.63) is 0 Å². The molecule has 100 valence electrons. The van der Waals surface area contributed by atoms with Crippen LogP contribution in [-0.4, -0.2) is 36.1 Å². The fourth-order valence-corrected chi connectivity index (χ4v) is 1.23. The van der Waals surface area contributed by atoms with Gasteiger partial charge in [-0.3, -0.25) is 9.59 Å². The summed E-state index contributed by atoms with van der Waals surface area (Å²) in [5.74, 6) is -0.409. The van der Waals surface area contributed by atoms with Crippen molar-refractivity contribution in [3.63, 3.8) is 0 Å². The van der Waals surface area contributed by atoms with Crippen LogP contribution in [0.2, 0.25) is 0 Å². The molecule has 0 aliphatic heterocycles. The molecule has 2 amide bonds. The summed E-state index contributed by atoms with van der Waals surface area (Å²) in [6, 6.07) is 0.127. The molecule has 0 aromatic carbocycles. The monoisotopic (exact) mass is 244 g/mol. The number of nitrogens with one attached hydrogen (secondary N) is 2. The van der Waals surface area contributed by atoms with Crippen LogP contribution in [0.15, 0.2) is 0 Å². The van der Waals surface area contributed by atoms with Crippen LogP contribution in [0.5, 0.6) is 0 Å². The summed E-state index contributed by atoms with van der Waals surface area (Å²) in [5, 5.41) is 5.46. The second-order valence-corrected chi connectivity index (χ2v) is 4.75. The van der Waals surface area contributed by atoms with Crippen molar-refractivity contribution in [2.45, 2.75) is 65.8 Å². The van der Waals surface area contributed by atoms with Gasteiger partial charge in [-0.05, 0) is 41.5 Å². The second kappa shape index (κ2) is 7.27. The lowest BCUT2D eigenvalue weighted by Gasteiger charge is -2.20. The third-order valence-corrected chi connectivity index (χ3v) is 2.01. The van der Waals surface area contributed by atoms with Crippen molar-refractivity contribution < 1.29 is 14.3 Å². The summed E-state index contributed by atoms with van der Waals surface area (Å²) in [5.41, 5.74) is 0. The fourth-order valence-electron chi connectivity index (χ4n) is 1.23. The number of ether oxygens (including phenoxy) is 1. The minimum atomic E-state index is -0.634. The Kier molecular flexibility index (Phi) is 6.80. The molecule has 0 spiro atoms. The van der Waals surface area contributed by atoms with E-state index in [-0.39, 0.29) is 23.9 Å². The van der Waals surface area contributed by atoms with Crippen LogP contribution >= 0.6 is 0 Å². The first kappa shape index (κ1) is 15.9. The van der Waals surface area contributed by atoms with Gasteiger partial charge in [-0.25, -0.2) is 0 Å². The standard InChI is InChI=1S/C12H24N2O3/c1-7(2)13-11(15)9(5)17-10(6)12(16)14-8(3)4/h7-10H,1-6H3,(H,13,15)(H,14,16). The van der Waals surface area contributed by atoms with E-state index in [1.54, 1.807) is 13.8 Å². The van der Waals surface area contributed by atoms with Gasteiger partial charge in [0.05, 0.1) is 0 Å². The summed E-state index contributed by atoms with van der Waals surface area (Å²) in [6.07, 6.45) is -1.27. The number of hydrogen-bond donors (Lipinski definition) is 2. The van der Waals surface area contributed by atoms with E-state index in [0.717, 1.165) is 0 Å². The Bertz CT molecular complexity index is 238. The van der Waals surface area contributed by atoms with Gasteiger partial charge in [-0.2, -0.15) is 0 Å². The summed E-state index contributed by atoms with van der Waals surface area (Å²) in [7, 11) is 0. The summed E-state index contributed by atoms with van der Waals surface area (Å²) < 4.78 is 5.35. The zero-order valence-corrected chi connectivity index (χ0v) is 11.5. The fraction of sp³-hybridized carbons (Fsp3) is 0.833. The average molecular weight is 244 g/mol. The van der Waals surface area contributed by atoms with Gasteiger partial charge in [-0.15, -0.1) is 0 Å². The maximum atomic E-state index is 11.6. The van der Waals surface area contributed by atoms with E-state index in [0.29, 0.717) is 0 Å². The quantitative estimate of drug-likeness (QED) is 0.727. The molecule has 0 aromatic heterocycles. The predicted octanol–water partition coefficient (Wildman–Crippen LogP) is 0.829. The van der Waals surface area contributed by atoms with Crippen LogP contribution < -0.4 is 10.6 Å². The van der Waals surface area contributed by atoms with Crippen molar-refractivity contribution in [1.29, 1.82) is 0 Å². The van der Waals surface area contributed by atoms with Crippen molar-refractivity contribution in [2.75, 3.05) is 0 Å². The van der Waals surface area contributed by atoms with Crippen LogP contribution in [-0.2, 0) is 14.3 Å². The van der Waals surface area contributed by atoms with Gasteiger partial charge in [0, 0.05) is 12.1 Å². The van der Waals surface area contributed by atoms with Crippen LogP contribution in [0, 0.1) is 0 Å². The van der Waals surface area contributed by atoms with E-state index >= 15 is 0 Å². The molecular weight excluding hydrogens is 220 g/mol. The number of hydrogen-bond acceptors (Lipinski definition) is 3. The Hall–Kier alpha value is -1.10. The first-order chi connectivity index (χ1) is 7.73. The zero-order valence-electron chi connectivity index (χ0n) is 11.5. The number of carbonyl (C=O) groups excluding carboxylic acids is 2. The molecular formula is C12H24N2O3. The van der Waals surface area contributed by atoms with E-state index in [1.807, 2.05) is 27.7 Å². The van der Waals surface area contributed by atoms with Crippen LogP contribution in [0.1, 0.15) is 41.5 Å². The molecule has 0 fully saturated rings. The minimum Gasteiger partial charge on any atom is -0.356 e. The number of rotatable bonds is 6. The molecule has 5 heteroatoms. The molecule has 17 heavy (non-hydrogen) atoms. The highest BCUT2D eigenvalue weighted by atomic mass is 16.5. The summed E-state index contributed by atoms with van der Waals surface area (Å²) in [6.45, 7) is 10.8. The molecule has 2 unspecified atom stereocenters. The van der Waals surface area contributed by atoms with Gasteiger partial charge in [0.1, 0.15) is 12.2 Å². The van der Waals surface area contributed by atoms with E-state index in [2.05, 4.69) is 10.6 Å². The highest BCUT2D eigenvalue weighted by Gasteiger charge is 2.21. The Morgan fingerprint density at radius 1 is 0.765 bits per heavy atom. The Labute approximate surface area is 103 Å². The summed E-state index contributed by atoms with van der Waals surface area (Å²) in [4.78, 5) is 23.1. The van der Waals surface area contributed by atoms with Gasteiger partial charge >= 0.3 is 0 Å². The molecule has 0 heterocycles. The topological polar surface area (TPSA) is 67.4 Å². The molecule has 0 aromatic rings. The van der Waals surface area contributed by atoms with Crippen molar-refractivity contribution >= 4 is 11.8 Å². The van der Waals surface area contributed by atoms with Gasteiger partial charge in [-0.1, -0.05) is 0 Å². The molecule has 0 saturated carbocycles. The first-order valence-corrected chi connectivity index (χ1v) is 6.00. The van der Waals surface area contributed by atoms with Crippen LogP contribution in [0.3, 0.4) is 0 Å². The molecule has 2 N–H and O–H groups in total. The van der Waals surface area contributed by atoms with Crippen LogP contribution in [0.25, 0.3) is 0 Å². The van der Waals surface area contributed by atoms with E-state index < -0.39 is 12.2 Å². The van der Waals surface area contributed by atoms with E-state index in [1.165, 1.54) is 0 Å². The smallest absolute Gasteiger partial charge is 0.249 e. The maximum Gasteiger partial charge on any atom is 0.249 e. The molecule has 0 rings (SSSR count). The molecule has 0 saturated heterocycles.